The van der Waals surface area contributed by atoms with Crippen molar-refractivity contribution in [2.24, 2.45) is 5.92 Å². The first kappa shape index (κ1) is 13.2. The highest BCUT2D eigenvalue weighted by molar-refractivity contribution is 7.99. The molecule has 0 aliphatic carbocycles. The molecule has 1 rings (SSSR count). The van der Waals surface area contributed by atoms with E-state index in [9.17, 15) is 9.59 Å². The number of carboxylic acid groups (broad SMARTS) is 1. The van der Waals surface area contributed by atoms with Crippen LogP contribution < -0.4 is 5.32 Å². The van der Waals surface area contributed by atoms with Crippen molar-refractivity contribution in [3.05, 3.63) is 0 Å². The largest absolute Gasteiger partial charge is 0.481 e. The van der Waals surface area contributed by atoms with Gasteiger partial charge in [0.1, 0.15) is 0 Å². The molecule has 1 aliphatic rings. The second-order valence-electron chi connectivity index (χ2n) is 4.00. The van der Waals surface area contributed by atoms with Crippen molar-refractivity contribution in [2.45, 2.75) is 18.6 Å². The molecule has 2 N–H and O–H groups in total. The molecule has 5 nitrogen and oxygen atoms in total. The van der Waals surface area contributed by atoms with E-state index in [2.05, 4.69) is 5.32 Å². The monoisotopic (exact) mass is 246 g/mol. The molecule has 16 heavy (non-hydrogen) atoms. The molecule has 2 amide bonds. The van der Waals surface area contributed by atoms with Gasteiger partial charge in [-0.15, -0.1) is 0 Å². The first-order chi connectivity index (χ1) is 7.54. The minimum Gasteiger partial charge on any atom is -0.481 e. The summed E-state index contributed by atoms with van der Waals surface area (Å²) in [4.78, 5) is 23.9. The minimum absolute atomic E-state index is 0.148. The van der Waals surface area contributed by atoms with Gasteiger partial charge >= 0.3 is 12.0 Å². The Bertz CT molecular complexity index is 273. The number of hydrogen-bond acceptors (Lipinski definition) is 3. The lowest BCUT2D eigenvalue weighted by atomic mass is 10.1. The van der Waals surface area contributed by atoms with Crippen LogP contribution in [0.2, 0.25) is 0 Å². The molecule has 2 atom stereocenters. The Kier molecular flexibility index (Phi) is 4.92. The number of thioether (sulfide) groups is 1. The molecular formula is C10H18N2O3S. The fraction of sp³-hybridized carbons (Fsp3) is 0.800. The van der Waals surface area contributed by atoms with Crippen LogP contribution >= 0.6 is 11.8 Å². The molecule has 0 aromatic carbocycles. The predicted octanol–water partition coefficient (Wildman–Crippen LogP) is 0.854. The maximum Gasteiger partial charge on any atom is 0.317 e. The second-order valence-corrected chi connectivity index (χ2v) is 5.28. The van der Waals surface area contributed by atoms with Gasteiger partial charge in [0.25, 0.3) is 0 Å². The van der Waals surface area contributed by atoms with Crippen LogP contribution in [0.5, 0.6) is 0 Å². The van der Waals surface area contributed by atoms with Gasteiger partial charge in [0.05, 0.1) is 5.92 Å². The van der Waals surface area contributed by atoms with Gasteiger partial charge in [-0.25, -0.2) is 4.79 Å². The van der Waals surface area contributed by atoms with E-state index < -0.39 is 11.9 Å². The fourth-order valence-corrected chi connectivity index (χ4v) is 1.82. The summed E-state index contributed by atoms with van der Waals surface area (Å²) in [6, 6.07) is -0.148. The quantitative estimate of drug-likeness (QED) is 0.771. The number of hydrogen-bond donors (Lipinski definition) is 2. The highest BCUT2D eigenvalue weighted by Gasteiger charge is 2.30. The smallest absolute Gasteiger partial charge is 0.317 e. The SMILES string of the molecule is CSC(C)CNC(=O)N1CCC(C(=O)O)C1. The van der Waals surface area contributed by atoms with Gasteiger partial charge in [-0.1, -0.05) is 6.92 Å². The first-order valence-corrected chi connectivity index (χ1v) is 6.61. The van der Waals surface area contributed by atoms with Crippen LogP contribution in [0.3, 0.4) is 0 Å². The van der Waals surface area contributed by atoms with Crippen molar-refractivity contribution < 1.29 is 14.7 Å². The van der Waals surface area contributed by atoms with Crippen LogP contribution in [-0.4, -0.2) is 53.1 Å². The van der Waals surface area contributed by atoms with Crippen molar-refractivity contribution in [1.29, 1.82) is 0 Å². The van der Waals surface area contributed by atoms with Crippen molar-refractivity contribution in [3.63, 3.8) is 0 Å². The number of amides is 2. The summed E-state index contributed by atoms with van der Waals surface area (Å²) in [6.07, 6.45) is 2.55. The van der Waals surface area contributed by atoms with Crippen LogP contribution in [-0.2, 0) is 4.79 Å². The Morgan fingerprint density at radius 2 is 2.31 bits per heavy atom. The number of carboxylic acids is 1. The number of nitrogens with zero attached hydrogens (tertiary/aromatic N) is 1. The number of aliphatic carboxylic acids is 1. The Labute approximate surface area is 99.6 Å². The maximum absolute atomic E-state index is 11.6. The minimum atomic E-state index is -0.812. The Morgan fingerprint density at radius 3 is 2.81 bits per heavy atom. The van der Waals surface area contributed by atoms with E-state index in [1.54, 1.807) is 16.7 Å². The summed E-state index contributed by atoms with van der Waals surface area (Å²) < 4.78 is 0. The van der Waals surface area contributed by atoms with Gasteiger partial charge in [-0.2, -0.15) is 11.8 Å². The van der Waals surface area contributed by atoms with Crippen molar-refractivity contribution in [1.82, 2.24) is 10.2 Å². The van der Waals surface area contributed by atoms with Crippen LogP contribution in [0.15, 0.2) is 0 Å². The third-order valence-electron chi connectivity index (χ3n) is 2.77. The molecule has 1 aliphatic heterocycles. The average Bonchev–Trinajstić information content (AvgIpc) is 2.74. The van der Waals surface area contributed by atoms with E-state index in [0.29, 0.717) is 31.3 Å². The summed E-state index contributed by atoms with van der Waals surface area (Å²) in [5.74, 6) is -1.21. The number of carbonyl (C=O) groups excluding carboxylic acids is 1. The molecule has 0 aromatic rings. The lowest BCUT2D eigenvalue weighted by molar-refractivity contribution is -0.141. The van der Waals surface area contributed by atoms with Crippen LogP contribution in [0, 0.1) is 5.92 Å². The van der Waals surface area contributed by atoms with E-state index in [1.807, 2.05) is 13.2 Å². The number of nitrogens with one attached hydrogen (secondary N) is 1. The van der Waals surface area contributed by atoms with Crippen LogP contribution in [0.4, 0.5) is 4.79 Å². The van der Waals surface area contributed by atoms with Crippen molar-refractivity contribution in [3.8, 4) is 0 Å². The van der Waals surface area contributed by atoms with Crippen molar-refractivity contribution >= 4 is 23.8 Å². The molecule has 0 spiro atoms. The molecule has 1 fully saturated rings. The Hall–Kier alpha value is -0.910. The van der Waals surface area contributed by atoms with E-state index in [4.69, 9.17) is 5.11 Å². The third kappa shape index (κ3) is 3.59. The summed E-state index contributed by atoms with van der Waals surface area (Å²) in [7, 11) is 0. The molecule has 1 saturated heterocycles. The van der Waals surface area contributed by atoms with Gasteiger partial charge in [-0.3, -0.25) is 4.79 Å². The van der Waals surface area contributed by atoms with Crippen molar-refractivity contribution in [2.75, 3.05) is 25.9 Å². The molecule has 1 heterocycles. The Balaban J connectivity index is 2.31. The molecule has 0 saturated carbocycles. The van der Waals surface area contributed by atoms with Gasteiger partial charge < -0.3 is 15.3 Å². The second kappa shape index (κ2) is 5.98. The maximum atomic E-state index is 11.6. The zero-order valence-corrected chi connectivity index (χ0v) is 10.4. The lowest BCUT2D eigenvalue weighted by Crippen LogP contribution is -2.41. The summed E-state index contributed by atoms with van der Waals surface area (Å²) >= 11 is 1.69. The topological polar surface area (TPSA) is 69.6 Å². The Morgan fingerprint density at radius 1 is 1.62 bits per heavy atom. The van der Waals surface area contributed by atoms with E-state index >= 15 is 0 Å². The molecule has 0 bridgehead atoms. The van der Waals surface area contributed by atoms with Gasteiger partial charge in [0.15, 0.2) is 0 Å². The summed E-state index contributed by atoms with van der Waals surface area (Å²) in [5.41, 5.74) is 0. The molecule has 0 radical (unpaired) electrons. The summed E-state index contributed by atoms with van der Waals surface area (Å²) in [5, 5.41) is 12.0. The number of rotatable bonds is 4. The lowest BCUT2D eigenvalue weighted by Gasteiger charge is -2.18. The summed E-state index contributed by atoms with van der Waals surface area (Å²) in [6.45, 7) is 3.52. The first-order valence-electron chi connectivity index (χ1n) is 5.33. The standard InChI is InChI=1S/C10H18N2O3S/c1-7(16-2)5-11-10(15)12-4-3-8(6-12)9(13)14/h7-8H,3-6H2,1-2H3,(H,11,15)(H,13,14). The van der Waals surface area contributed by atoms with Gasteiger partial charge in [-0.05, 0) is 12.7 Å². The molecule has 6 heteroatoms. The van der Waals surface area contributed by atoms with Gasteiger partial charge in [0.2, 0.25) is 0 Å². The van der Waals surface area contributed by atoms with E-state index in [1.165, 1.54) is 0 Å². The predicted molar refractivity (Wildman–Crippen MR) is 63.7 cm³/mol. The molecule has 92 valence electrons. The number of carbonyl (C=O) groups is 2. The van der Waals surface area contributed by atoms with Crippen LogP contribution in [0.1, 0.15) is 13.3 Å². The fourth-order valence-electron chi connectivity index (χ4n) is 1.57. The number of likely N-dealkylation sites (tertiary alicyclic amines) is 1. The van der Waals surface area contributed by atoms with E-state index in [-0.39, 0.29) is 6.03 Å². The average molecular weight is 246 g/mol. The normalized spacial score (nSPS) is 21.9. The number of urea groups is 1. The zero-order valence-electron chi connectivity index (χ0n) is 9.60. The highest BCUT2D eigenvalue weighted by Crippen LogP contribution is 2.16. The molecule has 0 aromatic heterocycles. The highest BCUT2D eigenvalue weighted by atomic mass is 32.2. The van der Waals surface area contributed by atoms with Gasteiger partial charge in [0, 0.05) is 24.9 Å². The third-order valence-corrected chi connectivity index (χ3v) is 3.74. The zero-order chi connectivity index (χ0) is 12.1. The van der Waals surface area contributed by atoms with Crippen LogP contribution in [0.25, 0.3) is 0 Å². The molecule has 2 unspecified atom stereocenters. The molecular weight excluding hydrogens is 228 g/mol. The van der Waals surface area contributed by atoms with E-state index in [0.717, 1.165) is 0 Å².